The molecule has 0 saturated heterocycles. The highest BCUT2D eigenvalue weighted by atomic mass is 32.2. The number of anilines is 1. The average Bonchev–Trinajstić information content (AvgIpc) is 2.95. The SMILES string of the molecule is CCn1c(O)c(N=NC(=S)Nc2cccc(S(N)(=O)=O)c2)c2cc(C(C)(C)C)ccc21. The van der Waals surface area contributed by atoms with Crippen LogP contribution in [0.1, 0.15) is 33.3 Å². The van der Waals surface area contributed by atoms with Gasteiger partial charge in [0, 0.05) is 17.6 Å². The van der Waals surface area contributed by atoms with E-state index in [-0.39, 0.29) is 21.3 Å². The molecule has 4 N–H and O–H groups in total. The smallest absolute Gasteiger partial charge is 0.238 e. The fourth-order valence-corrected chi connectivity index (χ4v) is 3.92. The van der Waals surface area contributed by atoms with Crippen molar-refractivity contribution in [3.05, 3.63) is 48.0 Å². The molecule has 0 spiro atoms. The molecule has 0 bridgehead atoms. The Labute approximate surface area is 186 Å². The van der Waals surface area contributed by atoms with Gasteiger partial charge in [-0.2, -0.15) is 0 Å². The Kier molecular flexibility index (Phi) is 6.17. The van der Waals surface area contributed by atoms with Crippen LogP contribution in [-0.4, -0.2) is 23.2 Å². The van der Waals surface area contributed by atoms with E-state index in [2.05, 4.69) is 36.3 Å². The number of nitrogens with one attached hydrogen (secondary N) is 1. The highest BCUT2D eigenvalue weighted by Crippen LogP contribution is 2.40. The largest absolute Gasteiger partial charge is 0.493 e. The van der Waals surface area contributed by atoms with Crippen LogP contribution < -0.4 is 10.5 Å². The molecule has 0 aliphatic heterocycles. The molecule has 0 saturated carbocycles. The first kappa shape index (κ1) is 22.9. The molecule has 2 aromatic carbocycles. The molecular formula is C21H25N5O3S2. The molecule has 0 unspecified atom stereocenters. The highest BCUT2D eigenvalue weighted by Gasteiger charge is 2.20. The Bertz CT molecular complexity index is 1290. The molecule has 3 rings (SSSR count). The third-order valence-electron chi connectivity index (χ3n) is 4.85. The molecule has 8 nitrogen and oxygen atoms in total. The van der Waals surface area contributed by atoms with Gasteiger partial charge in [-0.3, -0.25) is 0 Å². The van der Waals surface area contributed by atoms with Crippen LogP contribution in [0.15, 0.2) is 57.6 Å². The van der Waals surface area contributed by atoms with Crippen LogP contribution in [0.2, 0.25) is 0 Å². The zero-order chi connectivity index (χ0) is 23.0. The predicted octanol–water partition coefficient (Wildman–Crippen LogP) is 4.79. The normalized spacial score (nSPS) is 12.5. The molecule has 164 valence electrons. The first-order valence-corrected chi connectivity index (χ1v) is 11.6. The number of azo groups is 1. The highest BCUT2D eigenvalue weighted by molar-refractivity contribution is 7.89. The topological polar surface area (TPSA) is 122 Å². The number of primary sulfonamides is 1. The van der Waals surface area contributed by atoms with Gasteiger partial charge < -0.3 is 15.0 Å². The van der Waals surface area contributed by atoms with E-state index in [0.29, 0.717) is 17.9 Å². The Morgan fingerprint density at radius 1 is 1.23 bits per heavy atom. The van der Waals surface area contributed by atoms with Crippen molar-refractivity contribution in [2.75, 3.05) is 5.32 Å². The van der Waals surface area contributed by atoms with Gasteiger partial charge in [-0.1, -0.05) is 32.9 Å². The van der Waals surface area contributed by atoms with Crippen molar-refractivity contribution in [3.63, 3.8) is 0 Å². The zero-order valence-electron chi connectivity index (χ0n) is 17.7. The number of nitrogens with two attached hydrogens (primary N) is 1. The molecule has 3 aromatic rings. The summed E-state index contributed by atoms with van der Waals surface area (Å²) in [7, 11) is -3.84. The molecule has 1 aromatic heterocycles. The summed E-state index contributed by atoms with van der Waals surface area (Å²) in [5, 5.41) is 27.7. The average molecular weight is 460 g/mol. The van der Waals surface area contributed by atoms with Gasteiger partial charge in [-0.05, 0) is 60.5 Å². The minimum Gasteiger partial charge on any atom is -0.493 e. The van der Waals surface area contributed by atoms with Gasteiger partial charge in [0.05, 0.1) is 10.4 Å². The number of sulfonamides is 1. The zero-order valence-corrected chi connectivity index (χ0v) is 19.4. The summed E-state index contributed by atoms with van der Waals surface area (Å²) < 4.78 is 24.8. The molecule has 1 heterocycles. The lowest BCUT2D eigenvalue weighted by Gasteiger charge is -2.19. The number of hydrogen-bond donors (Lipinski definition) is 3. The van der Waals surface area contributed by atoms with Crippen LogP contribution in [0.3, 0.4) is 0 Å². The summed E-state index contributed by atoms with van der Waals surface area (Å²) in [6, 6.07) is 11.9. The van der Waals surface area contributed by atoms with Crippen LogP contribution in [-0.2, 0) is 22.0 Å². The Balaban J connectivity index is 1.95. The number of nitrogens with zero attached hydrogens (tertiary/aromatic N) is 3. The van der Waals surface area contributed by atoms with Gasteiger partial charge in [0.2, 0.25) is 21.0 Å². The maximum Gasteiger partial charge on any atom is 0.238 e. The van der Waals surface area contributed by atoms with Crippen molar-refractivity contribution in [2.24, 2.45) is 15.4 Å². The van der Waals surface area contributed by atoms with E-state index in [1.54, 1.807) is 10.6 Å². The standard InChI is InChI=1S/C21H25N5O3S2/c1-5-26-17-10-9-13(21(2,3)4)11-16(17)18(19(26)27)24-25-20(30)23-14-7-6-8-15(12-14)31(22,28)29/h6-12,27H,5H2,1-4H3,(H,23,30)(H2,22,28,29). The van der Waals surface area contributed by atoms with E-state index in [1.807, 2.05) is 25.1 Å². The number of rotatable bonds is 4. The third-order valence-corrected chi connectivity index (χ3v) is 5.94. The summed E-state index contributed by atoms with van der Waals surface area (Å²) in [6.07, 6.45) is 0. The van der Waals surface area contributed by atoms with Gasteiger partial charge in [-0.25, -0.2) is 13.6 Å². The quantitative estimate of drug-likeness (QED) is 0.382. The predicted molar refractivity (Wildman–Crippen MR) is 127 cm³/mol. The molecule has 31 heavy (non-hydrogen) atoms. The fourth-order valence-electron chi connectivity index (χ4n) is 3.20. The van der Waals surface area contributed by atoms with Crippen molar-refractivity contribution >= 4 is 49.6 Å². The van der Waals surface area contributed by atoms with Crippen LogP contribution in [0, 0.1) is 0 Å². The lowest BCUT2D eigenvalue weighted by Crippen LogP contribution is -2.13. The van der Waals surface area contributed by atoms with Crippen molar-refractivity contribution in [3.8, 4) is 5.88 Å². The molecule has 10 heteroatoms. The van der Waals surface area contributed by atoms with Crippen LogP contribution in [0.25, 0.3) is 10.9 Å². The number of benzene rings is 2. The van der Waals surface area contributed by atoms with Gasteiger partial charge in [-0.15, -0.1) is 10.2 Å². The van der Waals surface area contributed by atoms with Crippen LogP contribution in [0.4, 0.5) is 11.4 Å². The van der Waals surface area contributed by atoms with E-state index < -0.39 is 10.0 Å². The van der Waals surface area contributed by atoms with E-state index in [9.17, 15) is 13.5 Å². The summed E-state index contributed by atoms with van der Waals surface area (Å²) in [4.78, 5) is -0.0457. The first-order valence-electron chi connectivity index (χ1n) is 9.63. The minimum atomic E-state index is -3.84. The number of thiocarbonyl (C=S) groups is 1. The summed E-state index contributed by atoms with van der Waals surface area (Å²) in [6.45, 7) is 8.83. The van der Waals surface area contributed by atoms with Crippen LogP contribution in [0.5, 0.6) is 5.88 Å². The molecule has 0 aliphatic rings. The summed E-state index contributed by atoms with van der Waals surface area (Å²) >= 11 is 5.22. The lowest BCUT2D eigenvalue weighted by molar-refractivity contribution is 0.427. The molecule has 0 aliphatic carbocycles. The Hall–Kier alpha value is -2.82. The number of aryl methyl sites for hydroxylation is 1. The summed E-state index contributed by atoms with van der Waals surface area (Å²) in [5.74, 6) is 0.00586. The number of aromatic hydroxyl groups is 1. The van der Waals surface area contributed by atoms with Crippen LogP contribution >= 0.6 is 12.2 Å². The molecule has 0 atom stereocenters. The van der Waals surface area contributed by atoms with Crippen molar-refractivity contribution < 1.29 is 13.5 Å². The van der Waals surface area contributed by atoms with Gasteiger partial charge >= 0.3 is 0 Å². The number of aromatic nitrogens is 1. The van der Waals surface area contributed by atoms with Crippen molar-refractivity contribution in [1.29, 1.82) is 0 Å². The van der Waals surface area contributed by atoms with Gasteiger partial charge in [0.1, 0.15) is 0 Å². The molecular weight excluding hydrogens is 434 g/mol. The first-order chi connectivity index (χ1) is 14.4. The molecule has 0 radical (unpaired) electrons. The maximum absolute atomic E-state index is 11.5. The molecule has 0 fully saturated rings. The lowest BCUT2D eigenvalue weighted by atomic mass is 9.86. The maximum atomic E-state index is 11.5. The fraction of sp³-hybridized carbons (Fsp3) is 0.286. The second-order valence-corrected chi connectivity index (χ2v) is 10.0. The monoisotopic (exact) mass is 459 g/mol. The second kappa shape index (κ2) is 8.37. The van der Waals surface area contributed by atoms with E-state index >= 15 is 0 Å². The van der Waals surface area contributed by atoms with E-state index in [0.717, 1.165) is 16.5 Å². The summed E-state index contributed by atoms with van der Waals surface area (Å²) in [5.41, 5.74) is 2.61. The van der Waals surface area contributed by atoms with Crippen molar-refractivity contribution in [1.82, 2.24) is 4.57 Å². The van der Waals surface area contributed by atoms with E-state index in [1.165, 1.54) is 18.2 Å². The van der Waals surface area contributed by atoms with Gasteiger partial charge in [0.15, 0.2) is 5.69 Å². The number of fused-ring (bicyclic) bond motifs is 1. The second-order valence-electron chi connectivity index (χ2n) is 8.10. The Morgan fingerprint density at radius 3 is 2.55 bits per heavy atom. The van der Waals surface area contributed by atoms with Crippen molar-refractivity contribution in [2.45, 2.75) is 44.6 Å². The van der Waals surface area contributed by atoms with Gasteiger partial charge in [0.25, 0.3) is 0 Å². The minimum absolute atomic E-state index is 0.00586. The number of hydrogen-bond acceptors (Lipinski definition) is 5. The van der Waals surface area contributed by atoms with E-state index in [4.69, 9.17) is 17.4 Å². The Morgan fingerprint density at radius 2 is 1.94 bits per heavy atom. The third kappa shape index (κ3) is 4.92. The molecule has 0 amide bonds.